The number of fused-ring (bicyclic) bond motifs is 1. The maximum atomic E-state index is 13.0. The Balaban J connectivity index is 1.65. The fraction of sp³-hybridized carbons (Fsp3) is 0.211. The number of halogens is 1. The summed E-state index contributed by atoms with van der Waals surface area (Å²) in [6, 6.07) is 6.16. The molecule has 0 bridgehead atoms. The topological polar surface area (TPSA) is 109 Å². The monoisotopic (exact) mass is 432 g/mol. The van der Waals surface area contributed by atoms with E-state index in [2.05, 4.69) is 9.97 Å². The highest BCUT2D eigenvalue weighted by molar-refractivity contribution is 7.89. The number of nitrogens with zero attached hydrogens (tertiary/aromatic N) is 3. The van der Waals surface area contributed by atoms with Gasteiger partial charge in [-0.25, -0.2) is 13.4 Å². The summed E-state index contributed by atoms with van der Waals surface area (Å²) < 4.78 is 27.4. The van der Waals surface area contributed by atoms with Crippen LogP contribution in [0.25, 0.3) is 16.6 Å². The number of sulfonamides is 1. The van der Waals surface area contributed by atoms with E-state index in [1.807, 2.05) is 24.4 Å². The first-order chi connectivity index (χ1) is 13.8. The van der Waals surface area contributed by atoms with E-state index in [9.17, 15) is 18.5 Å². The van der Waals surface area contributed by atoms with Crippen LogP contribution in [0.2, 0.25) is 5.02 Å². The van der Waals surface area contributed by atoms with Crippen molar-refractivity contribution in [1.29, 1.82) is 0 Å². The average molecular weight is 433 g/mol. The van der Waals surface area contributed by atoms with E-state index in [0.29, 0.717) is 6.42 Å². The molecule has 10 heteroatoms. The Bertz CT molecular complexity index is 1270. The van der Waals surface area contributed by atoms with Gasteiger partial charge in [0.25, 0.3) is 5.69 Å². The third-order valence-corrected chi connectivity index (χ3v) is 7.33. The number of hydrogen-bond acceptors (Lipinski definition) is 5. The molecule has 0 radical (unpaired) electrons. The number of hydrogen-bond donors (Lipinski definition) is 1. The molecule has 3 aromatic rings. The Hall–Kier alpha value is -2.75. The Morgan fingerprint density at radius 1 is 1.34 bits per heavy atom. The number of aromatic amines is 1. The number of nitro groups is 1. The molecule has 29 heavy (non-hydrogen) atoms. The van der Waals surface area contributed by atoms with E-state index in [1.54, 1.807) is 6.20 Å². The highest BCUT2D eigenvalue weighted by atomic mass is 35.5. The van der Waals surface area contributed by atoms with E-state index in [0.717, 1.165) is 28.2 Å². The van der Waals surface area contributed by atoms with Gasteiger partial charge in [0.05, 0.1) is 14.8 Å². The lowest BCUT2D eigenvalue weighted by molar-refractivity contribution is -0.385. The molecular weight excluding hydrogens is 416 g/mol. The van der Waals surface area contributed by atoms with E-state index < -0.39 is 14.9 Å². The van der Waals surface area contributed by atoms with Gasteiger partial charge in [0.15, 0.2) is 0 Å². The zero-order valence-electron chi connectivity index (χ0n) is 15.4. The third kappa shape index (κ3) is 3.41. The number of pyridine rings is 1. The van der Waals surface area contributed by atoms with E-state index in [4.69, 9.17) is 11.6 Å². The van der Waals surface area contributed by atoms with Gasteiger partial charge in [-0.2, -0.15) is 4.31 Å². The summed E-state index contributed by atoms with van der Waals surface area (Å²) in [5.41, 5.74) is 2.74. The molecule has 0 fully saturated rings. The van der Waals surface area contributed by atoms with Crippen LogP contribution < -0.4 is 0 Å². The van der Waals surface area contributed by atoms with Crippen molar-refractivity contribution in [3.8, 4) is 0 Å². The van der Waals surface area contributed by atoms with Gasteiger partial charge in [-0.3, -0.25) is 10.1 Å². The van der Waals surface area contributed by atoms with Crippen LogP contribution in [-0.2, 0) is 10.0 Å². The Morgan fingerprint density at radius 3 is 2.83 bits per heavy atom. The first-order valence-corrected chi connectivity index (χ1v) is 10.7. The van der Waals surface area contributed by atoms with Crippen LogP contribution in [0.15, 0.2) is 47.6 Å². The van der Waals surface area contributed by atoms with Crippen LogP contribution in [0.1, 0.15) is 17.5 Å². The lowest BCUT2D eigenvalue weighted by Gasteiger charge is -2.26. The van der Waals surface area contributed by atoms with Gasteiger partial charge in [-0.1, -0.05) is 17.7 Å². The minimum absolute atomic E-state index is 0.0531. The van der Waals surface area contributed by atoms with Crippen LogP contribution in [-0.4, -0.2) is 40.7 Å². The van der Waals surface area contributed by atoms with Crippen molar-refractivity contribution in [2.24, 2.45) is 0 Å². The second-order valence-corrected chi connectivity index (χ2v) is 9.10. The summed E-state index contributed by atoms with van der Waals surface area (Å²) in [5, 5.41) is 12.3. The molecule has 1 N–H and O–H groups in total. The van der Waals surface area contributed by atoms with Crippen molar-refractivity contribution in [3.63, 3.8) is 0 Å². The largest absolute Gasteiger partial charge is 0.346 e. The number of nitro benzene ring substituents is 1. The van der Waals surface area contributed by atoms with Gasteiger partial charge in [-0.15, -0.1) is 0 Å². The average Bonchev–Trinajstić information content (AvgIpc) is 3.14. The zero-order valence-corrected chi connectivity index (χ0v) is 17.0. The summed E-state index contributed by atoms with van der Waals surface area (Å²) in [4.78, 5) is 17.8. The molecule has 0 aliphatic carbocycles. The minimum atomic E-state index is -3.91. The SMILES string of the molecule is Cc1c(Cl)cc(S(=O)(=O)N2CC=C(c3c[nH]c4ncccc34)CC2)cc1[N+](=O)[O-]. The van der Waals surface area contributed by atoms with Crippen LogP contribution in [0.4, 0.5) is 5.69 Å². The Morgan fingerprint density at radius 2 is 2.14 bits per heavy atom. The zero-order chi connectivity index (χ0) is 20.8. The third-order valence-electron chi connectivity index (χ3n) is 5.09. The molecule has 0 spiro atoms. The summed E-state index contributed by atoms with van der Waals surface area (Å²) in [5.74, 6) is 0. The maximum absolute atomic E-state index is 13.0. The maximum Gasteiger partial charge on any atom is 0.275 e. The Kier molecular flexibility index (Phi) is 4.89. The van der Waals surface area contributed by atoms with Crippen LogP contribution in [0.3, 0.4) is 0 Å². The molecule has 1 aromatic carbocycles. The van der Waals surface area contributed by atoms with Crippen molar-refractivity contribution < 1.29 is 13.3 Å². The lowest BCUT2D eigenvalue weighted by Crippen LogP contribution is -2.34. The molecule has 4 rings (SSSR count). The first kappa shape index (κ1) is 19.6. The van der Waals surface area contributed by atoms with Gasteiger partial charge in [0.1, 0.15) is 5.65 Å². The van der Waals surface area contributed by atoms with Crippen molar-refractivity contribution in [2.45, 2.75) is 18.2 Å². The number of benzene rings is 1. The van der Waals surface area contributed by atoms with Crippen LogP contribution >= 0.6 is 11.6 Å². The van der Waals surface area contributed by atoms with Crippen LogP contribution in [0, 0.1) is 17.0 Å². The summed E-state index contributed by atoms with van der Waals surface area (Å²) >= 11 is 6.05. The molecule has 150 valence electrons. The van der Waals surface area contributed by atoms with Gasteiger partial charge < -0.3 is 4.98 Å². The normalized spacial score (nSPS) is 15.4. The summed E-state index contributed by atoms with van der Waals surface area (Å²) in [6.07, 6.45) is 5.96. The smallest absolute Gasteiger partial charge is 0.275 e. The number of nitrogens with one attached hydrogen (secondary N) is 1. The molecular formula is C19H17ClN4O4S. The van der Waals surface area contributed by atoms with Gasteiger partial charge in [0.2, 0.25) is 10.0 Å². The molecule has 0 saturated heterocycles. The van der Waals surface area contributed by atoms with E-state index >= 15 is 0 Å². The molecule has 2 aromatic heterocycles. The highest BCUT2D eigenvalue weighted by Crippen LogP contribution is 2.33. The fourth-order valence-electron chi connectivity index (χ4n) is 3.46. The first-order valence-electron chi connectivity index (χ1n) is 8.85. The van der Waals surface area contributed by atoms with Gasteiger partial charge in [-0.05, 0) is 37.1 Å². The molecule has 1 aliphatic rings. The van der Waals surface area contributed by atoms with Gasteiger partial charge in [0, 0.05) is 48.1 Å². The van der Waals surface area contributed by atoms with Crippen molar-refractivity contribution in [1.82, 2.24) is 14.3 Å². The lowest BCUT2D eigenvalue weighted by atomic mass is 10.0. The fourth-order valence-corrected chi connectivity index (χ4v) is 5.17. The molecule has 0 amide bonds. The van der Waals surface area contributed by atoms with Crippen molar-refractivity contribution in [3.05, 3.63) is 69.0 Å². The summed E-state index contributed by atoms with van der Waals surface area (Å²) in [7, 11) is -3.91. The molecule has 8 nitrogen and oxygen atoms in total. The second kappa shape index (κ2) is 7.25. The number of aromatic nitrogens is 2. The number of H-pyrrole nitrogens is 1. The predicted octanol–water partition coefficient (Wildman–Crippen LogP) is 3.91. The van der Waals surface area contributed by atoms with E-state index in [1.165, 1.54) is 17.3 Å². The second-order valence-electron chi connectivity index (χ2n) is 6.75. The molecule has 0 atom stereocenters. The minimum Gasteiger partial charge on any atom is -0.346 e. The predicted molar refractivity (Wildman–Crippen MR) is 110 cm³/mol. The highest BCUT2D eigenvalue weighted by Gasteiger charge is 2.30. The molecule has 1 aliphatic heterocycles. The van der Waals surface area contributed by atoms with Gasteiger partial charge >= 0.3 is 0 Å². The number of rotatable bonds is 4. The van der Waals surface area contributed by atoms with Crippen molar-refractivity contribution >= 4 is 43.9 Å². The summed E-state index contributed by atoms with van der Waals surface area (Å²) in [6.45, 7) is 1.92. The quantitative estimate of drug-likeness (QED) is 0.496. The molecule has 3 heterocycles. The molecule has 0 saturated carbocycles. The van der Waals surface area contributed by atoms with E-state index in [-0.39, 0.29) is 34.3 Å². The van der Waals surface area contributed by atoms with Crippen LogP contribution in [0.5, 0.6) is 0 Å². The molecule has 0 unspecified atom stereocenters. The standard InChI is InChI=1S/C19H17ClN4O4S/c1-12-17(20)9-14(10-18(12)24(25)26)29(27,28)23-7-4-13(5-8-23)16-11-22-19-15(16)3-2-6-21-19/h2-4,6,9-11H,5,7-8H2,1H3,(H,21,22). The van der Waals surface area contributed by atoms with Crippen molar-refractivity contribution in [2.75, 3.05) is 13.1 Å². The Labute approximate surface area is 172 Å².